The van der Waals surface area contributed by atoms with E-state index in [2.05, 4.69) is 40.7 Å². The minimum atomic E-state index is -2.00. The molecule has 4 saturated carbocycles. The molecule has 10 fully saturated rings. The predicted octanol–water partition coefficient (Wildman–Crippen LogP) is -5.75. The van der Waals surface area contributed by atoms with Crippen molar-refractivity contribution in [2.75, 3.05) is 39.6 Å². The molecule has 0 aromatic rings. The van der Waals surface area contributed by atoms with Crippen LogP contribution in [0, 0.1) is 50.2 Å². The van der Waals surface area contributed by atoms with Crippen molar-refractivity contribution >= 4 is 5.97 Å². The lowest BCUT2D eigenvalue weighted by atomic mass is 9.33. The Balaban J connectivity index is 0.766. The largest absolute Gasteiger partial charge is 0.432 e. The van der Waals surface area contributed by atoms with E-state index in [0.29, 0.717) is 64.2 Å². The Morgan fingerprint density at radius 2 is 0.948 bits per heavy atom. The lowest BCUT2D eigenvalue weighted by Gasteiger charge is -2.71. The fraction of sp³-hybridized carbons (Fsp3) is 0.954. The fourth-order valence-corrected chi connectivity index (χ4v) is 19.2. The minimum Gasteiger partial charge on any atom is -0.432 e. The molecule has 0 bridgehead atoms. The quantitative estimate of drug-likeness (QED) is 0.0366. The second kappa shape index (κ2) is 28.8. The van der Waals surface area contributed by atoms with Gasteiger partial charge in [-0.3, -0.25) is 4.79 Å². The Bertz CT molecular complexity index is 2710. The summed E-state index contributed by atoms with van der Waals surface area (Å²) in [5, 5.41) is 207. The second-order valence-electron chi connectivity index (χ2n) is 31.3. The molecule has 0 aromatic carbocycles. The van der Waals surface area contributed by atoms with Crippen molar-refractivity contribution in [3.05, 3.63) is 11.6 Å². The molecule has 0 unspecified atom stereocenters. The van der Waals surface area contributed by atoms with Gasteiger partial charge in [0.05, 0.1) is 57.3 Å². The van der Waals surface area contributed by atoms with Gasteiger partial charge in [0.2, 0.25) is 6.29 Å². The first kappa shape index (κ1) is 76.1. The molecule has 558 valence electrons. The smallest absolute Gasteiger partial charge is 0.315 e. The van der Waals surface area contributed by atoms with Gasteiger partial charge in [0.1, 0.15) is 134 Å². The van der Waals surface area contributed by atoms with E-state index in [1.54, 1.807) is 0 Å². The third-order valence-corrected chi connectivity index (χ3v) is 25.4. The molecule has 0 amide bonds. The van der Waals surface area contributed by atoms with Crippen LogP contribution in [0.4, 0.5) is 0 Å². The van der Waals surface area contributed by atoms with E-state index in [1.807, 2.05) is 6.92 Å². The molecule has 32 nitrogen and oxygen atoms in total. The van der Waals surface area contributed by atoms with E-state index in [1.165, 1.54) is 6.92 Å². The summed E-state index contributed by atoms with van der Waals surface area (Å²) in [6, 6.07) is 0. The third-order valence-electron chi connectivity index (χ3n) is 25.4. The number of fused-ring (bicyclic) bond motifs is 7. The molecule has 97 heavy (non-hydrogen) atoms. The Hall–Kier alpha value is -1.99. The van der Waals surface area contributed by atoms with Crippen LogP contribution in [0.25, 0.3) is 0 Å². The molecule has 6 aliphatic heterocycles. The van der Waals surface area contributed by atoms with Crippen LogP contribution in [-0.2, 0) is 61.6 Å². The molecular formula is C65H106O32. The Morgan fingerprint density at radius 1 is 0.474 bits per heavy atom. The lowest BCUT2D eigenvalue weighted by molar-refractivity contribution is -0.384. The number of allylic oxidation sites excluding steroid dienone is 2. The molecule has 5 aliphatic carbocycles. The van der Waals surface area contributed by atoms with Gasteiger partial charge in [0.25, 0.3) is 0 Å². The van der Waals surface area contributed by atoms with E-state index in [4.69, 9.17) is 56.8 Å². The number of hydrogen-bond donors (Lipinski definition) is 19. The van der Waals surface area contributed by atoms with Crippen molar-refractivity contribution in [2.24, 2.45) is 50.2 Å². The van der Waals surface area contributed by atoms with Crippen molar-refractivity contribution in [3.63, 3.8) is 0 Å². The zero-order valence-electron chi connectivity index (χ0n) is 55.7. The topological polar surface area (TPSA) is 512 Å². The average Bonchev–Trinajstić information content (AvgIpc) is 0.675. The molecule has 0 radical (unpaired) electrons. The molecule has 11 aliphatic rings. The van der Waals surface area contributed by atoms with Crippen molar-refractivity contribution in [2.45, 2.75) is 297 Å². The highest BCUT2D eigenvalue weighted by molar-refractivity contribution is 5.79. The summed E-state index contributed by atoms with van der Waals surface area (Å²) < 4.78 is 71.2. The van der Waals surface area contributed by atoms with Crippen LogP contribution in [-0.4, -0.2) is 327 Å². The maximum absolute atomic E-state index is 15.3. The molecule has 6 saturated heterocycles. The summed E-state index contributed by atoms with van der Waals surface area (Å²) in [7, 11) is 0. The lowest BCUT2D eigenvalue weighted by Crippen LogP contribution is -2.67. The molecular weight excluding hydrogens is 1290 g/mol. The third kappa shape index (κ3) is 13.0. The molecule has 11 rings (SSSR count). The van der Waals surface area contributed by atoms with Crippen molar-refractivity contribution in [1.29, 1.82) is 0 Å². The second-order valence-corrected chi connectivity index (χ2v) is 31.3. The van der Waals surface area contributed by atoms with E-state index < -0.39 is 245 Å². The normalized spacial score (nSPS) is 54.7. The summed E-state index contributed by atoms with van der Waals surface area (Å²) in [6.07, 6.45) is -42.2. The van der Waals surface area contributed by atoms with Crippen LogP contribution in [0.5, 0.6) is 0 Å². The van der Waals surface area contributed by atoms with Gasteiger partial charge in [0, 0.05) is 5.41 Å². The predicted molar refractivity (Wildman–Crippen MR) is 322 cm³/mol. The zero-order chi connectivity index (χ0) is 70.7. The van der Waals surface area contributed by atoms with E-state index in [-0.39, 0.29) is 35.2 Å². The number of aliphatic hydroxyl groups excluding tert-OH is 19. The monoisotopic (exact) mass is 1400 g/mol. The van der Waals surface area contributed by atoms with Gasteiger partial charge in [-0.1, -0.05) is 53.2 Å². The molecule has 6 heterocycles. The van der Waals surface area contributed by atoms with E-state index >= 15 is 4.79 Å². The van der Waals surface area contributed by atoms with Gasteiger partial charge in [-0.2, -0.15) is 0 Å². The van der Waals surface area contributed by atoms with Crippen LogP contribution >= 0.6 is 0 Å². The summed E-state index contributed by atoms with van der Waals surface area (Å²) in [6.45, 7) is 10.5. The highest BCUT2D eigenvalue weighted by Gasteiger charge is 2.71. The van der Waals surface area contributed by atoms with Gasteiger partial charge in [0.15, 0.2) is 31.5 Å². The summed E-state index contributed by atoms with van der Waals surface area (Å²) in [5.41, 5.74) is -2.40. The molecule has 0 spiro atoms. The number of esters is 1. The van der Waals surface area contributed by atoms with E-state index in [9.17, 15) is 97.0 Å². The number of hydrogen-bond acceptors (Lipinski definition) is 32. The van der Waals surface area contributed by atoms with Crippen molar-refractivity contribution < 1.29 is 159 Å². The first-order valence-corrected chi connectivity index (χ1v) is 34.3. The Morgan fingerprint density at radius 3 is 1.48 bits per heavy atom. The summed E-state index contributed by atoms with van der Waals surface area (Å²) in [4.78, 5) is 15.3. The molecule has 32 heteroatoms. The van der Waals surface area contributed by atoms with Gasteiger partial charge >= 0.3 is 5.97 Å². The van der Waals surface area contributed by atoms with Gasteiger partial charge in [-0.05, 0) is 111 Å². The fourth-order valence-electron chi connectivity index (χ4n) is 19.2. The molecule has 0 aromatic heterocycles. The first-order chi connectivity index (χ1) is 45.6. The van der Waals surface area contributed by atoms with Crippen LogP contribution < -0.4 is 0 Å². The van der Waals surface area contributed by atoms with Crippen molar-refractivity contribution in [3.8, 4) is 0 Å². The van der Waals surface area contributed by atoms with Gasteiger partial charge < -0.3 is 154 Å². The number of ether oxygens (including phenoxy) is 12. The standard InChI is InChI=1S/C65H106O32/c1-25-36(72)39(75)44(80)53(87-25)93-49-30(20-67)89-55(46(82)41(49)77)95-51-32(22-69)91-57(48(84)43(51)79)97-59(85)65-16-14-60(2,3)18-27(65)26-8-9-34-61(4)12-11-35(62(5,24-70)33(61)10-13-64(34,7)63(26,6)15-17-65)92-58-52(37(73)28(71)23-86-58)96-56-47(83)42(78)50(31(21-68)90-56)94-54-45(81)40(76)38(74)29(19-66)88-54/h8,25,27-58,66-84H,9-24H2,1-7H3/t25-,27-,28-,29+,30+,31+,32+,33+,34-,35-,36-,37-,38+,39+,40-,41+,42+,43+,44+,45+,46+,47+,48+,49+,50+,51+,52+,53-,54-,55-,56-,57-,58-,61-,62-,63-,64+,65-/m0/s1. The van der Waals surface area contributed by atoms with Crippen molar-refractivity contribution in [1.82, 2.24) is 0 Å². The Kier molecular flexibility index (Phi) is 22.6. The van der Waals surface area contributed by atoms with Gasteiger partial charge in [-0.15, -0.1) is 0 Å². The number of carbonyl (C=O) groups excluding carboxylic acids is 1. The molecule has 19 N–H and O–H groups in total. The number of carbonyl (C=O) groups is 1. The Labute approximate surface area is 561 Å². The van der Waals surface area contributed by atoms with Gasteiger partial charge in [-0.25, -0.2) is 0 Å². The number of aliphatic hydroxyl groups is 19. The maximum atomic E-state index is 15.3. The molecule has 38 atom stereocenters. The highest BCUT2D eigenvalue weighted by atomic mass is 16.8. The van der Waals surface area contributed by atoms with Crippen LogP contribution in [0.1, 0.15) is 113 Å². The zero-order valence-corrected chi connectivity index (χ0v) is 55.7. The average molecular weight is 1400 g/mol. The number of rotatable bonds is 17. The summed E-state index contributed by atoms with van der Waals surface area (Å²) >= 11 is 0. The highest BCUT2D eigenvalue weighted by Crippen LogP contribution is 2.76. The van der Waals surface area contributed by atoms with Crippen LogP contribution in [0.2, 0.25) is 0 Å². The SMILES string of the molecule is C[C@@H]1O[C@@H](O[C@H]2[C@H](O)[C@@H](O)[C@H](O[C@H]3[C@H](O)[C@@H](O)[C@H](OC(=O)[C@]45CCC(C)(C)C[C@H]4C4=CC[C@H]6[C@@]7(C)CC[C@H](O[C@@H]8OC[C@H](O)[C@H](O)[C@H]8O[C@@H]8O[C@H](CO)[C@@H](O[C@@H]9O[C@H](CO)[C@@H](O)[C@H](O)[C@H]9O)[C@H](O)[C@H]8O)[C@@](C)(CO)[C@@H]7CC[C@@]6(C)[C@@]4(C)CC5)O[C@@H]3CO)O[C@@H]2CO)[C@H](O)[C@H](O)[C@H]1O. The van der Waals surface area contributed by atoms with Crippen LogP contribution in [0.3, 0.4) is 0 Å². The van der Waals surface area contributed by atoms with E-state index in [0.717, 1.165) is 5.57 Å². The summed E-state index contributed by atoms with van der Waals surface area (Å²) in [5.74, 6) is -1.11. The minimum absolute atomic E-state index is 0.0455. The maximum Gasteiger partial charge on any atom is 0.315 e. The first-order valence-electron chi connectivity index (χ1n) is 34.3. The van der Waals surface area contributed by atoms with Crippen LogP contribution in [0.15, 0.2) is 11.6 Å².